The molecule has 0 radical (unpaired) electrons. The second-order valence-electron chi connectivity index (χ2n) is 9.01. The first-order chi connectivity index (χ1) is 15.1. The van der Waals surface area contributed by atoms with Crippen molar-refractivity contribution in [2.24, 2.45) is 9.50 Å². The molecule has 2 aliphatic carbocycles. The van der Waals surface area contributed by atoms with Gasteiger partial charge in [-0.15, -0.1) is 15.7 Å². The summed E-state index contributed by atoms with van der Waals surface area (Å²) in [6, 6.07) is 1.64. The molecule has 0 saturated heterocycles. The van der Waals surface area contributed by atoms with Gasteiger partial charge in [-0.05, 0) is 60.8 Å². The van der Waals surface area contributed by atoms with Crippen LogP contribution in [0.1, 0.15) is 64.4 Å². The number of nitrogens with two attached hydrogens (primary N) is 1. The van der Waals surface area contributed by atoms with Gasteiger partial charge in [-0.1, -0.05) is 13.8 Å². The molecule has 4 N–H and O–H groups in total. The summed E-state index contributed by atoms with van der Waals surface area (Å²) in [6.07, 6.45) is 6.72. The zero-order valence-corrected chi connectivity index (χ0v) is 19.9. The number of urea groups is 1. The fourth-order valence-corrected chi connectivity index (χ4v) is 6.92. The average molecular weight is 474 g/mol. The summed E-state index contributed by atoms with van der Waals surface area (Å²) in [7, 11) is -3.32. The molecule has 1 aromatic carbocycles. The Morgan fingerprint density at radius 2 is 1.88 bits per heavy atom. The standard InChI is InChI=1S/C22H27N5O3S2/c1-22(2,12-28)20-25-10-13(31-20)11-32(24,30)27-21(29)26-19-16-7-3-5-14(16)18(9-23)15-6-4-8-17(15)19/h10,28H,3-8,11-12H2,1-2H3,(H3,24,26,27,29,30). The Labute approximate surface area is 192 Å². The number of rotatable bonds is 5. The number of aromatic nitrogens is 1. The average Bonchev–Trinajstić information content (AvgIpc) is 3.47. The molecule has 2 aliphatic rings. The van der Waals surface area contributed by atoms with Crippen molar-refractivity contribution in [1.29, 1.82) is 5.26 Å². The summed E-state index contributed by atoms with van der Waals surface area (Å²) in [4.78, 5) is 17.7. The number of thiazole rings is 1. The van der Waals surface area contributed by atoms with Crippen LogP contribution in [0.25, 0.3) is 0 Å². The monoisotopic (exact) mass is 473 g/mol. The summed E-state index contributed by atoms with van der Waals surface area (Å²) in [5, 5.41) is 28.7. The Hall–Kier alpha value is -2.32. The Morgan fingerprint density at radius 1 is 1.28 bits per heavy atom. The van der Waals surface area contributed by atoms with Crippen LogP contribution in [0, 0.1) is 11.3 Å². The predicted molar refractivity (Wildman–Crippen MR) is 125 cm³/mol. The van der Waals surface area contributed by atoms with Crippen molar-refractivity contribution in [2.75, 3.05) is 11.9 Å². The third-order valence-corrected chi connectivity index (χ3v) is 8.85. The molecule has 4 rings (SSSR count). The van der Waals surface area contributed by atoms with Gasteiger partial charge >= 0.3 is 6.03 Å². The van der Waals surface area contributed by atoms with Gasteiger partial charge in [-0.3, -0.25) is 0 Å². The molecule has 8 nitrogen and oxygen atoms in total. The highest BCUT2D eigenvalue weighted by Gasteiger charge is 2.30. The lowest BCUT2D eigenvalue weighted by Gasteiger charge is -2.17. The number of nitrogens with one attached hydrogen (secondary N) is 1. The molecule has 32 heavy (non-hydrogen) atoms. The minimum atomic E-state index is -3.32. The molecule has 170 valence electrons. The molecule has 1 aromatic heterocycles. The molecule has 0 spiro atoms. The van der Waals surface area contributed by atoms with Crippen LogP contribution in [0.5, 0.6) is 0 Å². The molecule has 1 heterocycles. The number of nitriles is 1. The molecule has 1 unspecified atom stereocenters. The van der Waals surface area contributed by atoms with E-state index in [1.165, 1.54) is 11.3 Å². The second-order valence-corrected chi connectivity index (χ2v) is 12.0. The SMILES string of the molecule is CC(C)(CO)c1ncc(CS(N)(=O)=NC(=O)Nc2c3c(c(C#N)c4c2CCC4)CCC3)s1. The van der Waals surface area contributed by atoms with Gasteiger partial charge in [0.05, 0.1) is 24.0 Å². The minimum absolute atomic E-state index is 0.0655. The van der Waals surface area contributed by atoms with Gasteiger partial charge in [-0.25, -0.2) is 19.1 Å². The van der Waals surface area contributed by atoms with Crippen molar-refractivity contribution in [3.63, 3.8) is 0 Å². The lowest BCUT2D eigenvalue weighted by atomic mass is 9.93. The topological polar surface area (TPSA) is 141 Å². The number of hydrogen-bond donors (Lipinski definition) is 3. The normalized spacial score (nSPS) is 16.7. The van der Waals surface area contributed by atoms with Gasteiger partial charge in [0.25, 0.3) is 0 Å². The van der Waals surface area contributed by atoms with Gasteiger partial charge < -0.3 is 10.4 Å². The largest absolute Gasteiger partial charge is 0.395 e. The third kappa shape index (κ3) is 4.30. The summed E-state index contributed by atoms with van der Waals surface area (Å²) < 4.78 is 16.7. The van der Waals surface area contributed by atoms with Crippen LogP contribution in [0.3, 0.4) is 0 Å². The molecular formula is C22H27N5O3S2. The van der Waals surface area contributed by atoms with Crippen molar-refractivity contribution >= 4 is 33.0 Å². The van der Waals surface area contributed by atoms with Crippen molar-refractivity contribution < 1.29 is 14.1 Å². The lowest BCUT2D eigenvalue weighted by Crippen LogP contribution is -2.21. The van der Waals surface area contributed by atoms with E-state index in [-0.39, 0.29) is 12.4 Å². The van der Waals surface area contributed by atoms with Crippen LogP contribution in [-0.2, 0) is 46.8 Å². The summed E-state index contributed by atoms with van der Waals surface area (Å²) in [5.74, 6) is -0.0941. The summed E-state index contributed by atoms with van der Waals surface area (Å²) in [5.41, 5.74) is 5.07. The fourth-order valence-electron chi connectivity index (χ4n) is 4.50. The van der Waals surface area contributed by atoms with Crippen molar-refractivity contribution in [1.82, 2.24) is 4.98 Å². The first kappa shape index (κ1) is 22.9. The second kappa shape index (κ2) is 8.56. The first-order valence-corrected chi connectivity index (χ1v) is 13.2. The Kier molecular flexibility index (Phi) is 6.11. The summed E-state index contributed by atoms with van der Waals surface area (Å²) >= 11 is 1.31. The van der Waals surface area contributed by atoms with Crippen LogP contribution < -0.4 is 10.5 Å². The first-order valence-electron chi connectivity index (χ1n) is 10.6. The molecular weight excluding hydrogens is 446 g/mol. The van der Waals surface area contributed by atoms with Crippen LogP contribution in [0.2, 0.25) is 0 Å². The number of benzene rings is 1. The molecule has 10 heteroatoms. The predicted octanol–water partition coefficient (Wildman–Crippen LogP) is 3.34. The van der Waals surface area contributed by atoms with Crippen LogP contribution >= 0.6 is 11.3 Å². The van der Waals surface area contributed by atoms with Gasteiger partial charge in [-0.2, -0.15) is 5.26 Å². The number of nitrogens with zero attached hydrogens (tertiary/aromatic N) is 3. The van der Waals surface area contributed by atoms with E-state index < -0.39 is 21.4 Å². The quantitative estimate of drug-likeness (QED) is 0.611. The fraction of sp³-hybridized carbons (Fsp3) is 0.500. The molecule has 0 saturated carbocycles. The Morgan fingerprint density at radius 3 is 2.44 bits per heavy atom. The van der Waals surface area contributed by atoms with Crippen molar-refractivity contribution in [3.8, 4) is 6.07 Å². The van der Waals surface area contributed by atoms with Gasteiger partial charge in [0.15, 0.2) is 0 Å². The van der Waals surface area contributed by atoms with Crippen LogP contribution in [-0.4, -0.2) is 26.9 Å². The number of hydrogen-bond acceptors (Lipinski definition) is 6. The van der Waals surface area contributed by atoms with E-state index in [4.69, 9.17) is 5.14 Å². The van der Waals surface area contributed by atoms with E-state index >= 15 is 0 Å². The van der Waals surface area contributed by atoms with E-state index in [2.05, 4.69) is 20.7 Å². The smallest absolute Gasteiger partial charge is 0.354 e. The maximum Gasteiger partial charge on any atom is 0.354 e. The lowest BCUT2D eigenvalue weighted by molar-refractivity contribution is 0.218. The number of amides is 2. The molecule has 1 atom stereocenters. The number of fused-ring (bicyclic) bond motifs is 2. The number of anilines is 1. The van der Waals surface area contributed by atoms with Crippen molar-refractivity contribution in [3.05, 3.63) is 43.9 Å². The molecule has 0 aliphatic heterocycles. The number of carbonyl (C=O) groups excluding carboxylic acids is 1. The van der Waals surface area contributed by atoms with E-state index in [9.17, 15) is 19.4 Å². The van der Waals surface area contributed by atoms with Crippen molar-refractivity contribution in [2.45, 2.75) is 63.5 Å². The zero-order valence-electron chi connectivity index (χ0n) is 18.2. The van der Waals surface area contributed by atoms with Crippen LogP contribution in [0.4, 0.5) is 10.5 Å². The number of aliphatic hydroxyl groups excluding tert-OH is 1. The third-order valence-electron chi connectivity index (χ3n) is 6.10. The Bertz CT molecular complexity index is 1210. The van der Waals surface area contributed by atoms with Gasteiger partial charge in [0.2, 0.25) is 0 Å². The molecule has 2 aromatic rings. The summed E-state index contributed by atoms with van der Waals surface area (Å²) in [6.45, 7) is 3.66. The van der Waals surface area contributed by atoms with Gasteiger partial charge in [0.1, 0.15) is 14.9 Å². The molecule has 0 bridgehead atoms. The maximum atomic E-state index is 12.9. The minimum Gasteiger partial charge on any atom is -0.395 e. The van der Waals surface area contributed by atoms with Gasteiger partial charge in [0, 0.05) is 22.2 Å². The number of carbonyl (C=O) groups is 1. The Balaban J connectivity index is 1.59. The highest BCUT2D eigenvalue weighted by molar-refractivity contribution is 7.91. The highest BCUT2D eigenvalue weighted by Crippen LogP contribution is 2.41. The zero-order chi connectivity index (χ0) is 23.1. The highest BCUT2D eigenvalue weighted by atomic mass is 32.2. The van der Waals surface area contributed by atoms with E-state index in [1.807, 2.05) is 13.8 Å². The van der Waals surface area contributed by atoms with E-state index in [0.717, 1.165) is 72.0 Å². The van der Waals surface area contributed by atoms with E-state index in [0.29, 0.717) is 9.88 Å². The maximum absolute atomic E-state index is 12.9. The van der Waals surface area contributed by atoms with E-state index in [1.54, 1.807) is 6.20 Å². The molecule has 2 amide bonds. The van der Waals surface area contributed by atoms with Crippen LogP contribution in [0.15, 0.2) is 10.6 Å². The number of aliphatic hydroxyl groups is 1. The molecule has 0 fully saturated rings.